The number of ether oxygens (including phenoxy) is 7. The molecule has 0 radical (unpaired) electrons. The van der Waals surface area contributed by atoms with Crippen LogP contribution < -0.4 is 9.64 Å². The zero-order valence-corrected chi connectivity index (χ0v) is 36.5. The van der Waals surface area contributed by atoms with Gasteiger partial charge in [0.15, 0.2) is 12.4 Å². The second kappa shape index (κ2) is 28.7. The first-order chi connectivity index (χ1) is 29.7. The van der Waals surface area contributed by atoms with Crippen LogP contribution in [0.4, 0.5) is 5.69 Å². The Morgan fingerprint density at radius 1 is 0.508 bits per heavy atom. The number of carbonyl (C=O) groups excluding carboxylic acids is 4. The Morgan fingerprint density at radius 3 is 1.52 bits per heavy atom. The molecule has 0 N–H and O–H groups in total. The van der Waals surface area contributed by atoms with Crippen molar-refractivity contribution in [2.45, 2.75) is 115 Å². The van der Waals surface area contributed by atoms with Crippen molar-refractivity contribution in [1.29, 1.82) is 0 Å². The first-order valence-electron chi connectivity index (χ1n) is 22.1. The SMILES string of the molecule is COCCOCCOCC(=O)OC1CCCCCC(OC(=O)COc2ccc(C(=O)c3ccccc3)cc2)CCCCCCC(OC(=O)c2ccc(N(C)C)cc2)CCCC1. The predicted molar refractivity (Wildman–Crippen MR) is 234 cm³/mol. The molecule has 61 heavy (non-hydrogen) atoms. The highest BCUT2D eigenvalue weighted by molar-refractivity contribution is 6.09. The van der Waals surface area contributed by atoms with E-state index in [2.05, 4.69) is 0 Å². The molecular weight excluding hydrogens is 779 g/mol. The molecular formula is C49H67NO11. The molecule has 1 fully saturated rings. The molecule has 0 heterocycles. The number of rotatable bonds is 18. The number of anilines is 1. The molecule has 1 aliphatic carbocycles. The van der Waals surface area contributed by atoms with Crippen LogP contribution in [0.2, 0.25) is 0 Å². The molecule has 0 saturated heterocycles. The van der Waals surface area contributed by atoms with Crippen molar-refractivity contribution in [3.8, 4) is 5.75 Å². The molecule has 0 aromatic heterocycles. The molecule has 3 atom stereocenters. The number of ketones is 1. The van der Waals surface area contributed by atoms with E-state index in [1.54, 1.807) is 55.6 Å². The molecule has 3 aromatic rings. The Balaban J connectivity index is 1.31. The van der Waals surface area contributed by atoms with Gasteiger partial charge in [-0.25, -0.2) is 14.4 Å². The highest BCUT2D eigenvalue weighted by atomic mass is 16.6. The lowest BCUT2D eigenvalue weighted by molar-refractivity contribution is -0.155. The maximum atomic E-state index is 13.2. The summed E-state index contributed by atoms with van der Waals surface area (Å²) < 4.78 is 39.6. The van der Waals surface area contributed by atoms with Gasteiger partial charge in [0.05, 0.1) is 32.0 Å². The molecule has 12 nitrogen and oxygen atoms in total. The fourth-order valence-electron chi connectivity index (χ4n) is 7.22. The summed E-state index contributed by atoms with van der Waals surface area (Å²) in [6, 6.07) is 23.3. The van der Waals surface area contributed by atoms with Gasteiger partial charge in [-0.05, 0) is 126 Å². The Hall–Kier alpha value is -4.78. The molecule has 0 bridgehead atoms. The smallest absolute Gasteiger partial charge is 0.344 e. The normalized spacial score (nSPS) is 18.4. The zero-order valence-electron chi connectivity index (χ0n) is 36.5. The van der Waals surface area contributed by atoms with Gasteiger partial charge < -0.3 is 38.1 Å². The molecule has 4 rings (SSSR count). The first-order valence-corrected chi connectivity index (χ1v) is 22.1. The second-order valence-corrected chi connectivity index (χ2v) is 15.8. The third kappa shape index (κ3) is 19.6. The Labute approximate surface area is 362 Å². The van der Waals surface area contributed by atoms with Gasteiger partial charge in [0.2, 0.25) is 0 Å². The quantitative estimate of drug-likeness (QED) is 0.0523. The van der Waals surface area contributed by atoms with Crippen molar-refractivity contribution in [1.82, 2.24) is 0 Å². The van der Waals surface area contributed by atoms with Gasteiger partial charge in [0.1, 0.15) is 30.7 Å². The predicted octanol–water partition coefficient (Wildman–Crippen LogP) is 8.96. The van der Waals surface area contributed by atoms with E-state index in [1.165, 1.54) is 0 Å². The van der Waals surface area contributed by atoms with E-state index in [0.29, 0.717) is 55.1 Å². The summed E-state index contributed by atoms with van der Waals surface area (Å²) in [7, 11) is 5.53. The number of methoxy groups -OCH3 is 1. The van der Waals surface area contributed by atoms with E-state index in [-0.39, 0.29) is 49.9 Å². The molecule has 3 unspecified atom stereocenters. The van der Waals surface area contributed by atoms with Gasteiger partial charge >= 0.3 is 17.9 Å². The van der Waals surface area contributed by atoms with Crippen LogP contribution in [0.5, 0.6) is 5.75 Å². The maximum Gasteiger partial charge on any atom is 0.344 e. The molecule has 1 aliphatic rings. The van der Waals surface area contributed by atoms with Crippen LogP contribution in [0.3, 0.4) is 0 Å². The largest absolute Gasteiger partial charge is 0.482 e. The maximum absolute atomic E-state index is 13.2. The first kappa shape index (κ1) is 48.9. The summed E-state index contributed by atoms with van der Waals surface area (Å²) in [5.74, 6) is -0.765. The summed E-state index contributed by atoms with van der Waals surface area (Å²) in [5, 5.41) is 0. The van der Waals surface area contributed by atoms with Crippen LogP contribution in [-0.2, 0) is 38.0 Å². The van der Waals surface area contributed by atoms with E-state index < -0.39 is 11.9 Å². The zero-order chi connectivity index (χ0) is 43.5. The van der Waals surface area contributed by atoms with Crippen LogP contribution in [-0.4, -0.2) is 103 Å². The molecule has 3 aromatic carbocycles. The van der Waals surface area contributed by atoms with E-state index >= 15 is 0 Å². The molecule has 1 saturated carbocycles. The lowest BCUT2D eigenvalue weighted by Crippen LogP contribution is -2.24. The molecule has 0 spiro atoms. The lowest BCUT2D eigenvalue weighted by atomic mass is 9.98. The van der Waals surface area contributed by atoms with Gasteiger partial charge in [0.25, 0.3) is 0 Å². The number of hydrogen-bond acceptors (Lipinski definition) is 12. The minimum Gasteiger partial charge on any atom is -0.482 e. The van der Waals surface area contributed by atoms with Crippen LogP contribution in [0, 0.1) is 0 Å². The van der Waals surface area contributed by atoms with Crippen LogP contribution in [0.15, 0.2) is 78.9 Å². The highest BCUT2D eigenvalue weighted by Crippen LogP contribution is 2.23. The van der Waals surface area contributed by atoms with Crippen molar-refractivity contribution in [2.24, 2.45) is 0 Å². The minimum absolute atomic E-state index is 0.0829. The second-order valence-electron chi connectivity index (χ2n) is 15.8. The molecule has 334 valence electrons. The number of nitrogens with zero attached hydrogens (tertiary/aromatic N) is 1. The molecule has 0 aliphatic heterocycles. The van der Waals surface area contributed by atoms with E-state index in [0.717, 1.165) is 89.2 Å². The van der Waals surface area contributed by atoms with Gasteiger partial charge in [-0.3, -0.25) is 4.79 Å². The summed E-state index contributed by atoms with van der Waals surface area (Å²) in [6.45, 7) is 1.22. The van der Waals surface area contributed by atoms with Gasteiger partial charge in [-0.2, -0.15) is 0 Å². The average molecular weight is 846 g/mol. The number of benzene rings is 3. The van der Waals surface area contributed by atoms with Crippen molar-refractivity contribution in [2.75, 3.05) is 65.7 Å². The van der Waals surface area contributed by atoms with Crippen LogP contribution >= 0.6 is 0 Å². The van der Waals surface area contributed by atoms with Crippen LogP contribution in [0.25, 0.3) is 0 Å². The highest BCUT2D eigenvalue weighted by Gasteiger charge is 2.20. The van der Waals surface area contributed by atoms with Crippen molar-refractivity contribution in [3.05, 3.63) is 95.6 Å². The monoisotopic (exact) mass is 845 g/mol. The van der Waals surface area contributed by atoms with E-state index in [1.807, 2.05) is 49.3 Å². The van der Waals surface area contributed by atoms with Gasteiger partial charge in [0, 0.05) is 38.0 Å². The standard InChI is InChI=1S/C49H67NO11/c1-50(2)41-28-24-40(25-29-41)49(54)61-45-21-11-5-4-10-18-43(60-47(52)37-58-42-30-26-39(27-31-42)48(53)38-16-8-6-9-17-38)19-12-7-13-20-44(22-14-15-23-45)59-46(51)36-57-35-34-56-33-32-55-3/h6,8-9,16-17,24-31,43-45H,4-5,7,10-15,18-23,32-37H2,1-3H3. The topological polar surface area (TPSA) is 136 Å². The number of carbonyl (C=O) groups is 4. The van der Waals surface area contributed by atoms with E-state index in [9.17, 15) is 19.2 Å². The Morgan fingerprint density at radius 2 is 0.967 bits per heavy atom. The average Bonchev–Trinajstić information content (AvgIpc) is 3.27. The summed E-state index contributed by atoms with van der Waals surface area (Å²) in [4.78, 5) is 53.8. The Kier molecular flexibility index (Phi) is 23.0. The Bertz CT molecular complexity index is 1700. The summed E-state index contributed by atoms with van der Waals surface area (Å²) >= 11 is 0. The number of esters is 3. The number of hydrogen-bond donors (Lipinski definition) is 0. The van der Waals surface area contributed by atoms with Crippen LogP contribution in [0.1, 0.15) is 123 Å². The minimum atomic E-state index is -0.437. The lowest BCUT2D eigenvalue weighted by Gasteiger charge is -2.21. The van der Waals surface area contributed by atoms with Crippen molar-refractivity contribution in [3.63, 3.8) is 0 Å². The van der Waals surface area contributed by atoms with Gasteiger partial charge in [-0.1, -0.05) is 49.6 Å². The van der Waals surface area contributed by atoms with Crippen molar-refractivity contribution < 1.29 is 52.3 Å². The fraction of sp³-hybridized carbons (Fsp3) is 0.551. The van der Waals surface area contributed by atoms with Gasteiger partial charge in [-0.15, -0.1) is 0 Å². The molecule has 12 heteroatoms. The third-order valence-electron chi connectivity index (χ3n) is 10.7. The van der Waals surface area contributed by atoms with Crippen molar-refractivity contribution >= 4 is 29.4 Å². The van der Waals surface area contributed by atoms with E-state index in [4.69, 9.17) is 33.2 Å². The fourth-order valence-corrected chi connectivity index (χ4v) is 7.22. The molecule has 0 amide bonds. The third-order valence-corrected chi connectivity index (χ3v) is 10.7. The summed E-state index contributed by atoms with van der Waals surface area (Å²) in [5.41, 5.74) is 2.68. The summed E-state index contributed by atoms with van der Waals surface area (Å²) in [6.07, 6.45) is 11.6.